The number of carbonyl (C=O) groups excluding carboxylic acids is 2. The smallest absolute Gasteiger partial charge is 0.337 e. The van der Waals surface area contributed by atoms with Crippen LogP contribution in [0, 0.1) is 5.41 Å². The van der Waals surface area contributed by atoms with Crippen molar-refractivity contribution < 1.29 is 23.8 Å². The highest BCUT2D eigenvalue weighted by atomic mass is 16.5. The molecule has 1 saturated heterocycles. The van der Waals surface area contributed by atoms with Gasteiger partial charge in [0.1, 0.15) is 17.3 Å². The molecule has 1 aliphatic carbocycles. The second-order valence-corrected chi connectivity index (χ2v) is 6.09. The first-order chi connectivity index (χ1) is 11.6. The van der Waals surface area contributed by atoms with Crippen LogP contribution in [-0.4, -0.2) is 32.3 Å². The van der Waals surface area contributed by atoms with Crippen molar-refractivity contribution in [1.82, 2.24) is 0 Å². The largest absolute Gasteiger partial charge is 0.489 e. The molecule has 3 rings (SSSR count). The van der Waals surface area contributed by atoms with Crippen LogP contribution in [0.4, 0.5) is 0 Å². The molecule has 1 aliphatic heterocycles. The first-order valence-electron chi connectivity index (χ1n) is 7.82. The molecule has 24 heavy (non-hydrogen) atoms. The van der Waals surface area contributed by atoms with E-state index in [1.807, 2.05) is 24.3 Å². The Hall–Kier alpha value is -2.56. The molecular weight excluding hydrogens is 308 g/mol. The molecule has 1 aromatic carbocycles. The normalized spacial score (nSPS) is 25.0. The highest BCUT2D eigenvalue weighted by Gasteiger charge is 2.55. The molecule has 1 fully saturated rings. The maximum Gasteiger partial charge on any atom is 0.337 e. The summed E-state index contributed by atoms with van der Waals surface area (Å²) in [5.41, 5.74) is 1.34. The van der Waals surface area contributed by atoms with Gasteiger partial charge in [-0.25, -0.2) is 4.79 Å². The van der Waals surface area contributed by atoms with Crippen LogP contribution < -0.4 is 0 Å². The Balaban J connectivity index is 2.25. The molecule has 0 saturated carbocycles. The van der Waals surface area contributed by atoms with Gasteiger partial charge in [0.25, 0.3) is 0 Å². The Kier molecular flexibility index (Phi) is 4.18. The second kappa shape index (κ2) is 6.15. The maximum absolute atomic E-state index is 12.7. The third kappa shape index (κ3) is 2.40. The minimum atomic E-state index is -1.02. The zero-order chi connectivity index (χ0) is 17.3. The highest BCUT2D eigenvalue weighted by molar-refractivity contribution is 5.93. The Bertz CT molecular complexity index is 733. The minimum absolute atomic E-state index is 0.344. The van der Waals surface area contributed by atoms with Crippen molar-refractivity contribution in [2.45, 2.75) is 25.4 Å². The summed E-state index contributed by atoms with van der Waals surface area (Å²) in [4.78, 5) is 25.1. The second-order valence-electron chi connectivity index (χ2n) is 6.09. The van der Waals surface area contributed by atoms with Crippen molar-refractivity contribution in [1.29, 1.82) is 0 Å². The van der Waals surface area contributed by atoms with E-state index < -0.39 is 17.4 Å². The fourth-order valence-electron chi connectivity index (χ4n) is 3.62. The lowest BCUT2D eigenvalue weighted by Gasteiger charge is -2.25. The highest BCUT2D eigenvalue weighted by Crippen LogP contribution is 2.49. The van der Waals surface area contributed by atoms with Gasteiger partial charge in [-0.1, -0.05) is 36.9 Å². The van der Waals surface area contributed by atoms with Crippen LogP contribution in [0.15, 0.2) is 48.3 Å². The van der Waals surface area contributed by atoms with Gasteiger partial charge in [-0.15, -0.1) is 0 Å². The zero-order valence-electron chi connectivity index (χ0n) is 13.8. The van der Waals surface area contributed by atoms with Crippen LogP contribution >= 0.6 is 0 Å². The van der Waals surface area contributed by atoms with Crippen LogP contribution in [-0.2, 0) is 36.6 Å². The number of benzene rings is 1. The fraction of sp³-hybridized carbons (Fsp3) is 0.368. The third-order valence-electron chi connectivity index (χ3n) is 4.78. The Labute approximate surface area is 140 Å². The third-order valence-corrected chi connectivity index (χ3v) is 4.78. The van der Waals surface area contributed by atoms with Crippen LogP contribution in [0.3, 0.4) is 0 Å². The summed E-state index contributed by atoms with van der Waals surface area (Å²) in [6, 6.07) is 7.76. The molecule has 2 aliphatic rings. The molecule has 0 N–H and O–H groups in total. The van der Waals surface area contributed by atoms with Crippen LogP contribution in [0.5, 0.6) is 0 Å². The fourth-order valence-corrected chi connectivity index (χ4v) is 3.62. The first kappa shape index (κ1) is 16.3. The molecule has 0 spiro atoms. The first-order valence-corrected chi connectivity index (χ1v) is 7.82. The molecule has 0 radical (unpaired) electrons. The van der Waals surface area contributed by atoms with Gasteiger partial charge in [-0.2, -0.15) is 0 Å². The Morgan fingerprint density at radius 3 is 2.58 bits per heavy atom. The summed E-state index contributed by atoms with van der Waals surface area (Å²) < 4.78 is 16.0. The zero-order valence-corrected chi connectivity index (χ0v) is 13.8. The van der Waals surface area contributed by atoms with Crippen LogP contribution in [0.2, 0.25) is 0 Å². The summed E-state index contributed by atoms with van der Waals surface area (Å²) in [5, 5.41) is 0. The van der Waals surface area contributed by atoms with E-state index in [1.54, 1.807) is 6.08 Å². The Morgan fingerprint density at radius 1 is 1.25 bits per heavy atom. The van der Waals surface area contributed by atoms with Gasteiger partial charge in [0.2, 0.25) is 0 Å². The van der Waals surface area contributed by atoms with Crippen molar-refractivity contribution in [2.24, 2.45) is 5.41 Å². The Morgan fingerprint density at radius 2 is 1.96 bits per heavy atom. The molecule has 126 valence electrons. The van der Waals surface area contributed by atoms with Gasteiger partial charge in [-0.3, -0.25) is 4.79 Å². The van der Waals surface area contributed by atoms with Gasteiger partial charge >= 0.3 is 11.9 Å². The van der Waals surface area contributed by atoms with Gasteiger partial charge in [0.05, 0.1) is 19.8 Å². The van der Waals surface area contributed by atoms with Crippen molar-refractivity contribution in [2.75, 3.05) is 14.2 Å². The minimum Gasteiger partial charge on any atom is -0.489 e. The molecule has 1 heterocycles. The van der Waals surface area contributed by atoms with Crippen molar-refractivity contribution in [3.8, 4) is 0 Å². The summed E-state index contributed by atoms with van der Waals surface area (Å²) in [7, 11) is 2.68. The van der Waals surface area contributed by atoms with Gasteiger partial charge < -0.3 is 14.2 Å². The molecule has 0 aromatic heterocycles. The van der Waals surface area contributed by atoms with E-state index in [-0.39, 0.29) is 6.10 Å². The van der Waals surface area contributed by atoms with E-state index in [4.69, 9.17) is 14.2 Å². The van der Waals surface area contributed by atoms with Crippen molar-refractivity contribution >= 4 is 11.9 Å². The SMILES string of the molecule is C=C[C@H]1C[C@@]2(C(=O)OC)Cc3ccccc3CC(C(=O)OC)=C2O1. The lowest BCUT2D eigenvalue weighted by molar-refractivity contribution is -0.150. The number of methoxy groups -OCH3 is 2. The molecule has 0 bridgehead atoms. The molecule has 5 nitrogen and oxygen atoms in total. The lowest BCUT2D eigenvalue weighted by atomic mass is 9.77. The summed E-state index contributed by atoms with van der Waals surface area (Å²) in [6.07, 6.45) is 2.49. The van der Waals surface area contributed by atoms with Crippen molar-refractivity contribution in [3.05, 3.63) is 59.4 Å². The topological polar surface area (TPSA) is 61.8 Å². The number of hydrogen-bond donors (Lipinski definition) is 0. The summed E-state index contributed by atoms with van der Waals surface area (Å²) in [6.45, 7) is 3.76. The molecule has 0 unspecified atom stereocenters. The molecule has 5 heteroatoms. The maximum atomic E-state index is 12.7. The standard InChI is InChI=1S/C19H20O5/c1-4-14-11-19(18(21)23-3)10-13-8-6-5-7-12(13)9-15(16(19)24-14)17(20)22-2/h4-8,14H,1,9-11H2,2-3H3/t14-,19-/m0/s1. The summed E-state index contributed by atoms with van der Waals surface area (Å²) in [5.74, 6) is -0.526. The average molecular weight is 328 g/mol. The molecular formula is C19H20O5. The molecule has 2 atom stereocenters. The van der Waals surface area contributed by atoms with E-state index in [0.717, 1.165) is 11.1 Å². The predicted octanol–water partition coefficient (Wildman–Crippen LogP) is 2.35. The number of ether oxygens (including phenoxy) is 3. The van der Waals surface area contributed by atoms with E-state index in [1.165, 1.54) is 14.2 Å². The van der Waals surface area contributed by atoms with E-state index in [2.05, 4.69) is 6.58 Å². The van der Waals surface area contributed by atoms with Gasteiger partial charge in [0.15, 0.2) is 0 Å². The van der Waals surface area contributed by atoms with E-state index >= 15 is 0 Å². The van der Waals surface area contributed by atoms with E-state index in [9.17, 15) is 9.59 Å². The average Bonchev–Trinajstić information content (AvgIpc) is 2.92. The number of carbonyl (C=O) groups is 2. The number of rotatable bonds is 3. The molecule has 0 amide bonds. The number of hydrogen-bond acceptors (Lipinski definition) is 5. The molecule has 1 aromatic rings. The quantitative estimate of drug-likeness (QED) is 0.629. The monoisotopic (exact) mass is 328 g/mol. The van der Waals surface area contributed by atoms with Crippen LogP contribution in [0.1, 0.15) is 17.5 Å². The number of esters is 2. The van der Waals surface area contributed by atoms with E-state index in [0.29, 0.717) is 30.6 Å². The van der Waals surface area contributed by atoms with Gasteiger partial charge in [-0.05, 0) is 17.5 Å². The predicted molar refractivity (Wildman–Crippen MR) is 87.0 cm³/mol. The lowest BCUT2D eigenvalue weighted by Crippen LogP contribution is -2.35. The van der Waals surface area contributed by atoms with Gasteiger partial charge in [0, 0.05) is 12.8 Å². The van der Waals surface area contributed by atoms with Crippen LogP contribution in [0.25, 0.3) is 0 Å². The number of fused-ring (bicyclic) bond motifs is 2. The van der Waals surface area contributed by atoms with Crippen molar-refractivity contribution in [3.63, 3.8) is 0 Å². The summed E-state index contributed by atoms with van der Waals surface area (Å²) >= 11 is 0.